The molecule has 0 radical (unpaired) electrons. The summed E-state index contributed by atoms with van der Waals surface area (Å²) in [6.45, 7) is 1.95. The molecular formula is C16H20N4O. The number of carbonyl (C=O) groups excluding carboxylic acids is 1. The molecule has 2 aromatic rings. The summed E-state index contributed by atoms with van der Waals surface area (Å²) in [4.78, 5) is 16.1. The van der Waals surface area contributed by atoms with Crippen molar-refractivity contribution in [2.24, 2.45) is 5.73 Å². The molecular weight excluding hydrogens is 264 g/mol. The SMILES string of the molecule is NC(=O)c1cc(NCCC2CCCN2)nc2ccccc12. The predicted molar refractivity (Wildman–Crippen MR) is 84.4 cm³/mol. The number of hydrogen-bond acceptors (Lipinski definition) is 4. The van der Waals surface area contributed by atoms with E-state index in [9.17, 15) is 4.79 Å². The highest BCUT2D eigenvalue weighted by molar-refractivity contribution is 6.06. The zero-order chi connectivity index (χ0) is 14.7. The maximum absolute atomic E-state index is 11.6. The molecule has 1 atom stereocenters. The van der Waals surface area contributed by atoms with E-state index >= 15 is 0 Å². The molecule has 5 heteroatoms. The van der Waals surface area contributed by atoms with Gasteiger partial charge in [0.15, 0.2) is 0 Å². The van der Waals surface area contributed by atoms with Gasteiger partial charge < -0.3 is 16.4 Å². The first-order chi connectivity index (χ1) is 10.2. The highest BCUT2D eigenvalue weighted by Crippen LogP contribution is 2.20. The minimum absolute atomic E-state index is 0.422. The van der Waals surface area contributed by atoms with E-state index in [1.165, 1.54) is 12.8 Å². The van der Waals surface area contributed by atoms with Crippen LogP contribution in [-0.2, 0) is 0 Å². The first-order valence-corrected chi connectivity index (χ1v) is 7.41. The molecule has 4 N–H and O–H groups in total. The molecule has 0 aliphatic carbocycles. The number of hydrogen-bond donors (Lipinski definition) is 3. The van der Waals surface area contributed by atoms with Crippen LogP contribution in [0.15, 0.2) is 30.3 Å². The molecule has 2 heterocycles. The van der Waals surface area contributed by atoms with Crippen LogP contribution in [0, 0.1) is 0 Å². The van der Waals surface area contributed by atoms with E-state index in [1.807, 2.05) is 24.3 Å². The number of anilines is 1. The van der Waals surface area contributed by atoms with Gasteiger partial charge in [-0.1, -0.05) is 18.2 Å². The number of aromatic nitrogens is 1. The first kappa shape index (κ1) is 13.8. The average molecular weight is 284 g/mol. The van der Waals surface area contributed by atoms with Gasteiger partial charge in [-0.15, -0.1) is 0 Å². The van der Waals surface area contributed by atoms with Gasteiger partial charge in [0.05, 0.1) is 11.1 Å². The summed E-state index contributed by atoms with van der Waals surface area (Å²) >= 11 is 0. The van der Waals surface area contributed by atoms with Crippen molar-refractivity contribution in [1.82, 2.24) is 10.3 Å². The molecule has 1 aromatic heterocycles. The summed E-state index contributed by atoms with van der Waals surface area (Å²) in [6, 6.07) is 9.89. The number of nitrogens with zero attached hydrogens (tertiary/aromatic N) is 1. The van der Waals surface area contributed by atoms with Crippen LogP contribution in [0.4, 0.5) is 5.82 Å². The van der Waals surface area contributed by atoms with Gasteiger partial charge in [0, 0.05) is 18.0 Å². The van der Waals surface area contributed by atoms with Gasteiger partial charge in [0.25, 0.3) is 0 Å². The van der Waals surface area contributed by atoms with Crippen molar-refractivity contribution < 1.29 is 4.79 Å². The van der Waals surface area contributed by atoms with Gasteiger partial charge in [-0.2, -0.15) is 0 Å². The summed E-state index contributed by atoms with van der Waals surface area (Å²) in [5.74, 6) is 0.287. The van der Waals surface area contributed by atoms with Crippen LogP contribution >= 0.6 is 0 Å². The lowest BCUT2D eigenvalue weighted by atomic mass is 10.1. The molecule has 1 fully saturated rings. The van der Waals surface area contributed by atoms with Crippen LogP contribution in [-0.4, -0.2) is 30.0 Å². The molecule has 0 spiro atoms. The summed E-state index contributed by atoms with van der Waals surface area (Å²) in [6.07, 6.45) is 3.55. The van der Waals surface area contributed by atoms with Crippen molar-refractivity contribution >= 4 is 22.6 Å². The highest BCUT2D eigenvalue weighted by atomic mass is 16.1. The Labute approximate surface area is 123 Å². The van der Waals surface area contributed by atoms with Crippen LogP contribution < -0.4 is 16.4 Å². The summed E-state index contributed by atoms with van der Waals surface area (Å²) < 4.78 is 0. The molecule has 0 saturated carbocycles. The van der Waals surface area contributed by atoms with E-state index < -0.39 is 5.91 Å². The van der Waals surface area contributed by atoms with E-state index in [2.05, 4.69) is 15.6 Å². The number of fused-ring (bicyclic) bond motifs is 1. The van der Waals surface area contributed by atoms with Crippen LogP contribution in [0.2, 0.25) is 0 Å². The Balaban J connectivity index is 1.76. The maximum atomic E-state index is 11.6. The predicted octanol–water partition coefficient (Wildman–Crippen LogP) is 1.89. The molecule has 1 aliphatic heterocycles. The molecule has 1 aromatic carbocycles. The molecule has 1 unspecified atom stereocenters. The van der Waals surface area contributed by atoms with Crippen molar-refractivity contribution in [3.8, 4) is 0 Å². The van der Waals surface area contributed by atoms with Gasteiger partial charge >= 0.3 is 0 Å². The van der Waals surface area contributed by atoms with Crippen molar-refractivity contribution in [2.75, 3.05) is 18.4 Å². The van der Waals surface area contributed by atoms with Gasteiger partial charge in [0.2, 0.25) is 5.91 Å². The van der Waals surface area contributed by atoms with E-state index in [-0.39, 0.29) is 0 Å². The third-order valence-electron chi connectivity index (χ3n) is 3.94. The minimum Gasteiger partial charge on any atom is -0.370 e. The van der Waals surface area contributed by atoms with Crippen molar-refractivity contribution in [2.45, 2.75) is 25.3 Å². The van der Waals surface area contributed by atoms with E-state index in [1.54, 1.807) is 6.07 Å². The topological polar surface area (TPSA) is 80.0 Å². The zero-order valence-corrected chi connectivity index (χ0v) is 11.9. The molecule has 0 bridgehead atoms. The first-order valence-electron chi connectivity index (χ1n) is 7.41. The summed E-state index contributed by atoms with van der Waals surface area (Å²) in [7, 11) is 0. The molecule has 1 amide bonds. The Hall–Kier alpha value is -2.14. The van der Waals surface area contributed by atoms with Crippen molar-refractivity contribution in [1.29, 1.82) is 0 Å². The number of pyridine rings is 1. The lowest BCUT2D eigenvalue weighted by Gasteiger charge is -2.12. The lowest BCUT2D eigenvalue weighted by Crippen LogP contribution is -2.24. The van der Waals surface area contributed by atoms with Gasteiger partial charge in [-0.3, -0.25) is 4.79 Å². The lowest BCUT2D eigenvalue weighted by molar-refractivity contribution is 0.100. The number of nitrogens with one attached hydrogen (secondary N) is 2. The van der Waals surface area contributed by atoms with Crippen LogP contribution in [0.25, 0.3) is 10.9 Å². The Morgan fingerprint density at radius 2 is 2.29 bits per heavy atom. The fourth-order valence-electron chi connectivity index (χ4n) is 2.85. The smallest absolute Gasteiger partial charge is 0.249 e. The van der Waals surface area contributed by atoms with E-state index in [0.717, 1.165) is 30.4 Å². The third kappa shape index (κ3) is 3.13. The largest absolute Gasteiger partial charge is 0.370 e. The Bertz CT molecular complexity index is 650. The van der Waals surface area contributed by atoms with Crippen molar-refractivity contribution in [3.63, 3.8) is 0 Å². The van der Waals surface area contributed by atoms with Crippen LogP contribution in [0.5, 0.6) is 0 Å². The van der Waals surface area contributed by atoms with Crippen LogP contribution in [0.1, 0.15) is 29.6 Å². The second kappa shape index (κ2) is 6.10. The molecule has 3 rings (SSSR count). The monoisotopic (exact) mass is 284 g/mol. The number of rotatable bonds is 5. The third-order valence-corrected chi connectivity index (χ3v) is 3.94. The molecule has 1 aliphatic rings. The average Bonchev–Trinajstić information content (AvgIpc) is 2.99. The fourth-order valence-corrected chi connectivity index (χ4v) is 2.85. The Morgan fingerprint density at radius 1 is 1.43 bits per heavy atom. The number of carbonyl (C=O) groups is 1. The number of nitrogens with two attached hydrogens (primary N) is 1. The number of primary amides is 1. The second-order valence-electron chi connectivity index (χ2n) is 5.45. The Morgan fingerprint density at radius 3 is 3.05 bits per heavy atom. The fraction of sp³-hybridized carbons (Fsp3) is 0.375. The van der Waals surface area contributed by atoms with Crippen LogP contribution in [0.3, 0.4) is 0 Å². The molecule has 21 heavy (non-hydrogen) atoms. The maximum Gasteiger partial charge on any atom is 0.249 e. The van der Waals surface area contributed by atoms with Gasteiger partial charge in [-0.05, 0) is 37.9 Å². The molecule has 5 nitrogen and oxygen atoms in total. The summed E-state index contributed by atoms with van der Waals surface area (Å²) in [5, 5.41) is 7.57. The normalized spacial score (nSPS) is 18.0. The molecule has 1 saturated heterocycles. The number of amides is 1. The van der Waals surface area contributed by atoms with Gasteiger partial charge in [-0.25, -0.2) is 4.98 Å². The second-order valence-corrected chi connectivity index (χ2v) is 5.45. The standard InChI is InChI=1S/C16H20N4O/c17-16(21)13-10-15(19-9-7-11-4-3-8-18-11)20-14-6-2-1-5-12(13)14/h1-2,5-6,10-11,18H,3-4,7-9H2,(H2,17,21)(H,19,20). The molecule has 110 valence electrons. The minimum atomic E-state index is -0.422. The summed E-state index contributed by atoms with van der Waals surface area (Å²) in [5.41, 5.74) is 6.78. The number of para-hydroxylation sites is 1. The highest BCUT2D eigenvalue weighted by Gasteiger charge is 2.14. The quantitative estimate of drug-likeness (QED) is 0.783. The zero-order valence-electron chi connectivity index (χ0n) is 11.9. The number of benzene rings is 1. The van der Waals surface area contributed by atoms with E-state index in [4.69, 9.17) is 5.73 Å². The Kier molecular flexibility index (Phi) is 4.01. The van der Waals surface area contributed by atoms with E-state index in [0.29, 0.717) is 17.4 Å². The van der Waals surface area contributed by atoms with Gasteiger partial charge in [0.1, 0.15) is 5.82 Å². The van der Waals surface area contributed by atoms with Crippen molar-refractivity contribution in [3.05, 3.63) is 35.9 Å².